The van der Waals surface area contributed by atoms with Crippen molar-refractivity contribution in [3.8, 4) is 0 Å². The standard InChI is InChI=1S/C13H15ClN2O2S2/c14-13-2-1-12(7-11(13)8-15)20(17,18)16-5-3-10-4-6-19-9-10/h1-2,4,6-7,9,16H,3,5,8,15H2. The minimum Gasteiger partial charge on any atom is -0.326 e. The van der Waals surface area contributed by atoms with Gasteiger partial charge in [0, 0.05) is 18.1 Å². The van der Waals surface area contributed by atoms with Gasteiger partial charge in [0.1, 0.15) is 0 Å². The number of benzene rings is 1. The molecule has 1 aromatic carbocycles. The molecule has 4 nitrogen and oxygen atoms in total. The molecule has 2 aromatic rings. The fraction of sp³-hybridized carbons (Fsp3) is 0.231. The van der Waals surface area contributed by atoms with Crippen LogP contribution in [0, 0.1) is 0 Å². The van der Waals surface area contributed by atoms with Crippen molar-refractivity contribution in [2.75, 3.05) is 6.54 Å². The predicted octanol–water partition coefficient (Wildman–Crippen LogP) is 2.38. The molecule has 108 valence electrons. The van der Waals surface area contributed by atoms with Crippen molar-refractivity contribution in [3.05, 3.63) is 51.2 Å². The van der Waals surface area contributed by atoms with Crippen molar-refractivity contribution in [2.24, 2.45) is 5.73 Å². The van der Waals surface area contributed by atoms with E-state index in [0.29, 0.717) is 23.6 Å². The van der Waals surface area contributed by atoms with Gasteiger partial charge in [-0.2, -0.15) is 11.3 Å². The largest absolute Gasteiger partial charge is 0.326 e. The molecule has 2 rings (SSSR count). The molecule has 0 aliphatic carbocycles. The van der Waals surface area contributed by atoms with Crippen molar-refractivity contribution >= 4 is 33.0 Å². The second kappa shape index (κ2) is 6.69. The van der Waals surface area contributed by atoms with Gasteiger partial charge in [0.2, 0.25) is 10.0 Å². The molecule has 0 amide bonds. The van der Waals surface area contributed by atoms with Gasteiger partial charge < -0.3 is 5.73 Å². The van der Waals surface area contributed by atoms with Crippen LogP contribution in [-0.4, -0.2) is 15.0 Å². The molecule has 0 atom stereocenters. The Kier molecular flexibility index (Phi) is 5.17. The number of sulfonamides is 1. The van der Waals surface area contributed by atoms with Crippen LogP contribution >= 0.6 is 22.9 Å². The molecular weight excluding hydrogens is 316 g/mol. The van der Waals surface area contributed by atoms with E-state index in [2.05, 4.69) is 4.72 Å². The quantitative estimate of drug-likeness (QED) is 0.854. The Labute approximate surface area is 127 Å². The average molecular weight is 331 g/mol. The summed E-state index contributed by atoms with van der Waals surface area (Å²) in [5.41, 5.74) is 7.27. The van der Waals surface area contributed by atoms with E-state index >= 15 is 0 Å². The summed E-state index contributed by atoms with van der Waals surface area (Å²) in [4.78, 5) is 0.188. The maximum atomic E-state index is 12.1. The van der Waals surface area contributed by atoms with E-state index in [9.17, 15) is 8.42 Å². The first-order chi connectivity index (χ1) is 9.53. The molecule has 3 N–H and O–H groups in total. The maximum Gasteiger partial charge on any atom is 0.240 e. The lowest BCUT2D eigenvalue weighted by Crippen LogP contribution is -2.26. The van der Waals surface area contributed by atoms with Crippen molar-refractivity contribution in [3.63, 3.8) is 0 Å². The van der Waals surface area contributed by atoms with Gasteiger partial charge in [-0.1, -0.05) is 11.6 Å². The summed E-state index contributed by atoms with van der Waals surface area (Å²) in [5.74, 6) is 0. The predicted molar refractivity (Wildman–Crippen MR) is 82.6 cm³/mol. The summed E-state index contributed by atoms with van der Waals surface area (Å²) in [6.07, 6.45) is 0.667. The van der Waals surface area contributed by atoms with Crippen molar-refractivity contribution in [2.45, 2.75) is 17.9 Å². The fourth-order valence-corrected chi connectivity index (χ4v) is 3.70. The molecule has 1 heterocycles. The van der Waals surface area contributed by atoms with Crippen molar-refractivity contribution in [1.29, 1.82) is 0 Å². The Morgan fingerprint density at radius 3 is 2.75 bits per heavy atom. The topological polar surface area (TPSA) is 72.2 Å². The number of nitrogens with two attached hydrogens (primary N) is 1. The minimum absolute atomic E-state index is 0.188. The van der Waals surface area contributed by atoms with Gasteiger partial charge >= 0.3 is 0 Å². The van der Waals surface area contributed by atoms with Gasteiger partial charge in [-0.25, -0.2) is 13.1 Å². The van der Waals surface area contributed by atoms with Crippen LogP contribution in [0.5, 0.6) is 0 Å². The van der Waals surface area contributed by atoms with Crippen LogP contribution in [0.15, 0.2) is 39.9 Å². The molecule has 0 spiro atoms. The van der Waals surface area contributed by atoms with E-state index in [-0.39, 0.29) is 11.4 Å². The second-order valence-electron chi connectivity index (χ2n) is 4.24. The monoisotopic (exact) mass is 330 g/mol. The lowest BCUT2D eigenvalue weighted by Gasteiger charge is -2.08. The molecule has 0 unspecified atom stereocenters. The van der Waals surface area contributed by atoms with Crippen LogP contribution in [0.2, 0.25) is 5.02 Å². The number of thiophene rings is 1. The molecule has 0 saturated carbocycles. The fourth-order valence-electron chi connectivity index (χ4n) is 1.72. The van der Waals surface area contributed by atoms with Crippen LogP contribution in [-0.2, 0) is 23.0 Å². The minimum atomic E-state index is -3.52. The van der Waals surface area contributed by atoms with Gasteiger partial charge in [-0.05, 0) is 52.6 Å². The Bertz CT molecular complexity index is 670. The molecule has 0 aliphatic heterocycles. The Morgan fingerprint density at radius 1 is 1.30 bits per heavy atom. The zero-order chi connectivity index (χ0) is 14.6. The van der Waals surface area contributed by atoms with Gasteiger partial charge in [0.25, 0.3) is 0 Å². The zero-order valence-electron chi connectivity index (χ0n) is 10.7. The first kappa shape index (κ1) is 15.5. The van der Waals surface area contributed by atoms with E-state index in [1.807, 2.05) is 16.8 Å². The third-order valence-electron chi connectivity index (χ3n) is 2.83. The highest BCUT2D eigenvalue weighted by Gasteiger charge is 2.14. The SMILES string of the molecule is NCc1cc(S(=O)(=O)NCCc2ccsc2)ccc1Cl. The lowest BCUT2D eigenvalue weighted by atomic mass is 10.2. The zero-order valence-corrected chi connectivity index (χ0v) is 13.1. The van der Waals surface area contributed by atoms with Crippen LogP contribution in [0.25, 0.3) is 0 Å². The normalized spacial score (nSPS) is 11.7. The Hall–Kier alpha value is -0.920. The maximum absolute atomic E-state index is 12.1. The molecule has 7 heteroatoms. The van der Waals surface area contributed by atoms with Crippen molar-refractivity contribution < 1.29 is 8.42 Å². The summed E-state index contributed by atoms with van der Waals surface area (Å²) < 4.78 is 26.9. The third kappa shape index (κ3) is 3.80. The molecule has 0 aliphatic rings. The molecular formula is C13H15ClN2O2S2. The number of hydrogen-bond donors (Lipinski definition) is 2. The highest BCUT2D eigenvalue weighted by Crippen LogP contribution is 2.20. The van der Waals surface area contributed by atoms with Gasteiger partial charge in [-0.15, -0.1) is 0 Å². The van der Waals surface area contributed by atoms with Crippen molar-refractivity contribution in [1.82, 2.24) is 4.72 Å². The number of rotatable bonds is 6. The summed E-state index contributed by atoms with van der Waals surface area (Å²) in [6.45, 7) is 0.566. The van der Waals surface area contributed by atoms with Crippen LogP contribution in [0.3, 0.4) is 0 Å². The van der Waals surface area contributed by atoms with Gasteiger partial charge in [0.15, 0.2) is 0 Å². The summed E-state index contributed by atoms with van der Waals surface area (Å²) >= 11 is 7.52. The molecule has 0 bridgehead atoms. The number of nitrogens with one attached hydrogen (secondary N) is 1. The highest BCUT2D eigenvalue weighted by atomic mass is 35.5. The first-order valence-corrected chi connectivity index (χ1v) is 8.82. The van der Waals surface area contributed by atoms with Gasteiger partial charge in [0.05, 0.1) is 4.90 Å². The third-order valence-corrected chi connectivity index (χ3v) is 5.39. The van der Waals surface area contributed by atoms with Gasteiger partial charge in [-0.3, -0.25) is 0 Å². The first-order valence-electron chi connectivity index (χ1n) is 6.02. The van der Waals surface area contributed by atoms with E-state index in [0.717, 1.165) is 5.56 Å². The van der Waals surface area contributed by atoms with E-state index in [1.165, 1.54) is 12.1 Å². The van der Waals surface area contributed by atoms with Crippen LogP contribution in [0.1, 0.15) is 11.1 Å². The summed E-state index contributed by atoms with van der Waals surface area (Å²) in [7, 11) is -3.52. The molecule has 20 heavy (non-hydrogen) atoms. The smallest absolute Gasteiger partial charge is 0.240 e. The second-order valence-corrected chi connectivity index (χ2v) is 7.19. The lowest BCUT2D eigenvalue weighted by molar-refractivity contribution is 0.581. The Balaban J connectivity index is 2.06. The average Bonchev–Trinajstić information content (AvgIpc) is 2.92. The van der Waals surface area contributed by atoms with E-state index in [1.54, 1.807) is 17.4 Å². The molecule has 0 radical (unpaired) electrons. The summed E-state index contributed by atoms with van der Waals surface area (Å²) in [5, 5.41) is 4.45. The summed E-state index contributed by atoms with van der Waals surface area (Å²) in [6, 6.07) is 6.52. The molecule has 0 saturated heterocycles. The van der Waals surface area contributed by atoms with E-state index in [4.69, 9.17) is 17.3 Å². The molecule has 0 fully saturated rings. The number of halogens is 1. The van der Waals surface area contributed by atoms with Crippen LogP contribution in [0.4, 0.5) is 0 Å². The highest BCUT2D eigenvalue weighted by molar-refractivity contribution is 7.89. The molecule has 1 aromatic heterocycles. The van der Waals surface area contributed by atoms with Crippen LogP contribution < -0.4 is 10.5 Å². The number of hydrogen-bond acceptors (Lipinski definition) is 4. The Morgan fingerprint density at radius 2 is 2.10 bits per heavy atom. The van der Waals surface area contributed by atoms with E-state index < -0.39 is 10.0 Å².